The van der Waals surface area contributed by atoms with Crippen LogP contribution < -0.4 is 5.32 Å². The number of carbonyl (C=O) groups is 1. The van der Waals surface area contributed by atoms with Crippen LogP contribution in [-0.2, 0) is 6.54 Å². The number of amides is 1. The largest absolute Gasteiger partial charge is 0.352 e. The predicted octanol–water partition coefficient (Wildman–Crippen LogP) is 4.39. The van der Waals surface area contributed by atoms with Crippen LogP contribution >= 0.6 is 23.2 Å². The average Bonchev–Trinajstić information content (AvgIpc) is 2.55. The lowest BCUT2D eigenvalue weighted by molar-refractivity contribution is -0.903. The fourth-order valence-electron chi connectivity index (χ4n) is 2.61. The van der Waals surface area contributed by atoms with Gasteiger partial charge in [-0.1, -0.05) is 47.5 Å². The molecule has 2 aromatic carbocycles. The van der Waals surface area contributed by atoms with Gasteiger partial charge in [0.15, 0.2) is 0 Å². The van der Waals surface area contributed by atoms with Crippen LogP contribution in [0.1, 0.15) is 22.3 Å². The van der Waals surface area contributed by atoms with Crippen LogP contribution in [0.3, 0.4) is 0 Å². The van der Waals surface area contributed by atoms with E-state index in [4.69, 9.17) is 23.2 Å². The Balaban J connectivity index is 1.78. The Labute approximate surface area is 153 Å². The van der Waals surface area contributed by atoms with E-state index in [9.17, 15) is 4.79 Å². The summed E-state index contributed by atoms with van der Waals surface area (Å²) in [7, 11) is 4.34. The maximum atomic E-state index is 12.0. The summed E-state index contributed by atoms with van der Waals surface area (Å²) in [6, 6.07) is 15.0. The van der Waals surface area contributed by atoms with Gasteiger partial charge in [0.1, 0.15) is 6.54 Å². The van der Waals surface area contributed by atoms with E-state index in [1.807, 2.05) is 48.5 Å². The zero-order chi connectivity index (χ0) is 17.6. The van der Waals surface area contributed by atoms with Crippen molar-refractivity contribution in [2.24, 2.45) is 0 Å². The molecular formula is C19H23Cl2N2O+. The first kappa shape index (κ1) is 18.8. The zero-order valence-electron chi connectivity index (χ0n) is 14.1. The quantitative estimate of drug-likeness (QED) is 0.572. The maximum absolute atomic E-state index is 12.0. The first-order valence-corrected chi connectivity index (χ1v) is 8.72. The summed E-state index contributed by atoms with van der Waals surface area (Å²) in [5.74, 6) is -0.0228. The monoisotopic (exact) mass is 365 g/mol. The lowest BCUT2D eigenvalue weighted by atomic mass is 10.2. The summed E-state index contributed by atoms with van der Waals surface area (Å²) in [6.45, 7) is 2.48. The molecule has 0 radical (unpaired) electrons. The normalized spacial score (nSPS) is 11.3. The third-order valence-corrected chi connectivity index (χ3v) is 4.60. The van der Waals surface area contributed by atoms with E-state index in [0.29, 0.717) is 22.2 Å². The standard InChI is InChI=1S/C19H22Cl2N2O/c1-23(2,14-15-9-10-17(20)18(21)13-15)12-6-11-22-19(24)16-7-4-3-5-8-16/h3-5,7-10,13H,6,11-12,14H2,1-2H3/p+1. The second-order valence-corrected chi connectivity index (χ2v) is 7.36. The molecule has 2 rings (SSSR count). The zero-order valence-corrected chi connectivity index (χ0v) is 15.6. The fourth-order valence-corrected chi connectivity index (χ4v) is 2.93. The van der Waals surface area contributed by atoms with E-state index >= 15 is 0 Å². The minimum Gasteiger partial charge on any atom is -0.352 e. The van der Waals surface area contributed by atoms with Gasteiger partial charge >= 0.3 is 0 Å². The molecule has 0 saturated carbocycles. The molecule has 1 N–H and O–H groups in total. The molecule has 3 nitrogen and oxygen atoms in total. The minimum atomic E-state index is -0.0228. The molecule has 0 atom stereocenters. The lowest BCUT2D eigenvalue weighted by Crippen LogP contribution is -2.41. The van der Waals surface area contributed by atoms with Crippen molar-refractivity contribution in [3.8, 4) is 0 Å². The molecule has 0 heterocycles. The summed E-state index contributed by atoms with van der Waals surface area (Å²) in [6.07, 6.45) is 0.910. The van der Waals surface area contributed by atoms with Gasteiger partial charge < -0.3 is 9.80 Å². The Hall–Kier alpha value is -1.55. The Morgan fingerprint density at radius 1 is 1.04 bits per heavy atom. The molecule has 0 fully saturated rings. The van der Waals surface area contributed by atoms with Crippen LogP contribution in [0.2, 0.25) is 10.0 Å². The highest BCUT2D eigenvalue weighted by Gasteiger charge is 2.16. The van der Waals surface area contributed by atoms with E-state index < -0.39 is 0 Å². The van der Waals surface area contributed by atoms with Gasteiger partial charge in [-0.2, -0.15) is 0 Å². The van der Waals surface area contributed by atoms with Crippen LogP contribution in [0.5, 0.6) is 0 Å². The lowest BCUT2D eigenvalue weighted by Gasteiger charge is -2.30. The summed E-state index contributed by atoms with van der Waals surface area (Å²) < 4.78 is 0.819. The SMILES string of the molecule is C[N+](C)(CCCNC(=O)c1ccccc1)Cc1ccc(Cl)c(Cl)c1. The molecule has 128 valence electrons. The third-order valence-electron chi connectivity index (χ3n) is 3.86. The first-order valence-electron chi connectivity index (χ1n) is 7.96. The Bertz CT molecular complexity index is 687. The smallest absolute Gasteiger partial charge is 0.251 e. The number of hydrogen-bond acceptors (Lipinski definition) is 1. The molecule has 0 bridgehead atoms. The van der Waals surface area contributed by atoms with Crippen LogP contribution in [0.15, 0.2) is 48.5 Å². The van der Waals surface area contributed by atoms with Crippen LogP contribution in [0.25, 0.3) is 0 Å². The predicted molar refractivity (Wildman–Crippen MR) is 101 cm³/mol. The molecule has 0 aromatic heterocycles. The topological polar surface area (TPSA) is 29.1 Å². The van der Waals surface area contributed by atoms with E-state index in [-0.39, 0.29) is 5.91 Å². The second-order valence-electron chi connectivity index (χ2n) is 6.54. The van der Waals surface area contributed by atoms with Crippen molar-refractivity contribution >= 4 is 29.1 Å². The van der Waals surface area contributed by atoms with Crippen molar-refractivity contribution in [1.29, 1.82) is 0 Å². The molecule has 24 heavy (non-hydrogen) atoms. The van der Waals surface area contributed by atoms with Crippen LogP contribution in [0, 0.1) is 0 Å². The van der Waals surface area contributed by atoms with Crippen molar-refractivity contribution in [2.75, 3.05) is 27.2 Å². The molecule has 1 amide bonds. The number of hydrogen-bond donors (Lipinski definition) is 1. The Morgan fingerprint density at radius 3 is 2.42 bits per heavy atom. The van der Waals surface area contributed by atoms with E-state index in [1.165, 1.54) is 0 Å². The Morgan fingerprint density at radius 2 is 1.75 bits per heavy atom. The molecule has 0 saturated heterocycles. The summed E-state index contributed by atoms with van der Waals surface area (Å²) in [4.78, 5) is 12.0. The highest BCUT2D eigenvalue weighted by molar-refractivity contribution is 6.42. The minimum absolute atomic E-state index is 0.0228. The second kappa shape index (κ2) is 8.52. The molecule has 0 aliphatic heterocycles. The number of benzene rings is 2. The number of carbonyl (C=O) groups excluding carboxylic acids is 1. The highest BCUT2D eigenvalue weighted by atomic mass is 35.5. The molecule has 5 heteroatoms. The molecule has 2 aromatic rings. The Kier molecular flexibility index (Phi) is 6.67. The average molecular weight is 366 g/mol. The van der Waals surface area contributed by atoms with Crippen molar-refractivity contribution in [2.45, 2.75) is 13.0 Å². The maximum Gasteiger partial charge on any atom is 0.251 e. The van der Waals surface area contributed by atoms with Crippen LogP contribution in [0.4, 0.5) is 0 Å². The van der Waals surface area contributed by atoms with E-state index in [0.717, 1.165) is 29.6 Å². The molecule has 0 spiro atoms. The van der Waals surface area contributed by atoms with Crippen molar-refractivity contribution in [3.05, 3.63) is 69.7 Å². The van der Waals surface area contributed by atoms with Gasteiger partial charge in [0.2, 0.25) is 0 Å². The summed E-state index contributed by atoms with van der Waals surface area (Å²) >= 11 is 12.0. The van der Waals surface area contributed by atoms with Gasteiger partial charge in [-0.3, -0.25) is 4.79 Å². The van der Waals surface area contributed by atoms with Crippen LogP contribution in [-0.4, -0.2) is 37.6 Å². The van der Waals surface area contributed by atoms with Crippen molar-refractivity contribution in [3.63, 3.8) is 0 Å². The fraction of sp³-hybridized carbons (Fsp3) is 0.316. The summed E-state index contributed by atoms with van der Waals surface area (Å²) in [5, 5.41) is 4.13. The van der Waals surface area contributed by atoms with E-state index in [1.54, 1.807) is 0 Å². The molecule has 0 aliphatic carbocycles. The molecular weight excluding hydrogens is 343 g/mol. The number of halogens is 2. The van der Waals surface area contributed by atoms with Gasteiger partial charge in [0.05, 0.1) is 30.7 Å². The third kappa shape index (κ3) is 5.82. The van der Waals surface area contributed by atoms with Gasteiger partial charge in [-0.25, -0.2) is 0 Å². The number of quaternary nitrogens is 1. The van der Waals surface area contributed by atoms with Gasteiger partial charge in [-0.05, 0) is 24.3 Å². The van der Waals surface area contributed by atoms with Gasteiger partial charge in [-0.15, -0.1) is 0 Å². The summed E-state index contributed by atoms with van der Waals surface area (Å²) in [5.41, 5.74) is 1.85. The van der Waals surface area contributed by atoms with Crippen molar-refractivity contribution in [1.82, 2.24) is 5.32 Å². The molecule has 0 aliphatic rings. The van der Waals surface area contributed by atoms with Gasteiger partial charge in [0, 0.05) is 24.1 Å². The highest BCUT2D eigenvalue weighted by Crippen LogP contribution is 2.24. The van der Waals surface area contributed by atoms with Crippen molar-refractivity contribution < 1.29 is 9.28 Å². The number of nitrogens with one attached hydrogen (secondary N) is 1. The molecule has 0 unspecified atom stereocenters. The number of rotatable bonds is 7. The number of nitrogens with zero attached hydrogens (tertiary/aromatic N) is 1. The first-order chi connectivity index (χ1) is 11.4. The van der Waals surface area contributed by atoms with E-state index in [2.05, 4.69) is 19.4 Å². The van der Waals surface area contributed by atoms with Gasteiger partial charge in [0.25, 0.3) is 5.91 Å².